The normalized spacial score (nSPS) is 11.5. The van der Waals surface area contributed by atoms with Crippen LogP contribution in [0.3, 0.4) is 0 Å². The number of amides is 1. The number of hydrogen-bond donors (Lipinski definition) is 1. The molecule has 5 heterocycles. The lowest BCUT2D eigenvalue weighted by molar-refractivity contribution is -0.143. The van der Waals surface area contributed by atoms with E-state index in [9.17, 15) is 23.2 Å². The van der Waals surface area contributed by atoms with Gasteiger partial charge in [0.1, 0.15) is 16.5 Å². The molecule has 0 spiro atoms. The molecular formula is C21H12F3N9OS. The Hall–Kier alpha value is -4.64. The van der Waals surface area contributed by atoms with E-state index in [1.165, 1.54) is 49.0 Å². The first-order chi connectivity index (χ1) is 16.8. The number of rotatable bonds is 4. The van der Waals surface area contributed by atoms with Crippen molar-refractivity contribution >= 4 is 33.1 Å². The maximum absolute atomic E-state index is 14.1. The van der Waals surface area contributed by atoms with Gasteiger partial charge in [-0.15, -0.1) is 16.1 Å². The predicted molar refractivity (Wildman–Crippen MR) is 118 cm³/mol. The molecule has 5 aromatic rings. The maximum atomic E-state index is 14.1. The van der Waals surface area contributed by atoms with Gasteiger partial charge in [-0.05, 0) is 30.5 Å². The Morgan fingerprint density at radius 1 is 1.17 bits per heavy atom. The van der Waals surface area contributed by atoms with Gasteiger partial charge in [0, 0.05) is 11.6 Å². The minimum absolute atomic E-state index is 0.0190. The van der Waals surface area contributed by atoms with Crippen LogP contribution >= 0.6 is 11.3 Å². The Morgan fingerprint density at radius 3 is 2.66 bits per heavy atom. The second-order valence-electron chi connectivity index (χ2n) is 7.16. The van der Waals surface area contributed by atoms with E-state index in [-0.39, 0.29) is 28.5 Å². The molecule has 0 aromatic carbocycles. The zero-order chi connectivity index (χ0) is 24.7. The quantitative estimate of drug-likeness (QED) is 0.400. The molecule has 0 aliphatic rings. The molecule has 1 N–H and O–H groups in total. The molecule has 10 nitrogen and oxygen atoms in total. The zero-order valence-corrected chi connectivity index (χ0v) is 18.5. The summed E-state index contributed by atoms with van der Waals surface area (Å²) in [6, 6.07) is 6.26. The van der Waals surface area contributed by atoms with Crippen molar-refractivity contribution < 1.29 is 18.0 Å². The van der Waals surface area contributed by atoms with Crippen molar-refractivity contribution in [2.45, 2.75) is 13.1 Å². The van der Waals surface area contributed by atoms with Crippen LogP contribution in [-0.2, 0) is 6.18 Å². The van der Waals surface area contributed by atoms with E-state index in [0.29, 0.717) is 14.9 Å². The van der Waals surface area contributed by atoms with Crippen molar-refractivity contribution in [3.63, 3.8) is 0 Å². The summed E-state index contributed by atoms with van der Waals surface area (Å²) in [5, 5.41) is 25.8. The molecule has 0 atom stereocenters. The summed E-state index contributed by atoms with van der Waals surface area (Å²) in [6.07, 6.45) is 0.139. The molecule has 0 saturated heterocycles. The highest BCUT2D eigenvalue weighted by Crippen LogP contribution is 2.36. The summed E-state index contributed by atoms with van der Waals surface area (Å²) in [4.78, 5) is 23.0. The van der Waals surface area contributed by atoms with Crippen LogP contribution in [0.25, 0.3) is 21.7 Å². The van der Waals surface area contributed by atoms with Crippen LogP contribution in [0.15, 0.2) is 48.4 Å². The number of aromatic nitrogens is 7. The first-order valence-corrected chi connectivity index (χ1v) is 10.7. The number of fused-ring (bicyclic) bond motifs is 1. The number of nitriles is 1. The van der Waals surface area contributed by atoms with E-state index in [2.05, 4.69) is 30.6 Å². The number of aryl methyl sites for hydroxylation is 1. The van der Waals surface area contributed by atoms with Gasteiger partial charge in [-0.1, -0.05) is 0 Å². The molecule has 0 aliphatic heterocycles. The van der Waals surface area contributed by atoms with E-state index < -0.39 is 23.3 Å². The van der Waals surface area contributed by atoms with Gasteiger partial charge in [-0.2, -0.15) is 33.7 Å². The smallest absolute Gasteiger partial charge is 0.320 e. The van der Waals surface area contributed by atoms with E-state index in [1.807, 2.05) is 6.07 Å². The molecule has 1 amide bonds. The third-order valence-corrected chi connectivity index (χ3v) is 5.85. The molecule has 0 unspecified atom stereocenters. The first-order valence-electron chi connectivity index (χ1n) is 9.85. The summed E-state index contributed by atoms with van der Waals surface area (Å²) < 4.78 is 43.1. The fourth-order valence-electron chi connectivity index (χ4n) is 3.48. The molecular weight excluding hydrogens is 483 g/mol. The van der Waals surface area contributed by atoms with E-state index >= 15 is 0 Å². The number of alkyl halides is 3. The van der Waals surface area contributed by atoms with Crippen molar-refractivity contribution in [1.29, 1.82) is 5.26 Å². The maximum Gasteiger partial charge on any atom is 0.434 e. The number of carbonyl (C=O) groups is 1. The average molecular weight is 495 g/mol. The van der Waals surface area contributed by atoms with Crippen molar-refractivity contribution in [2.75, 3.05) is 5.32 Å². The number of nitrogens with one attached hydrogen (secondary N) is 1. The van der Waals surface area contributed by atoms with E-state index in [1.54, 1.807) is 11.4 Å². The second kappa shape index (κ2) is 8.29. The summed E-state index contributed by atoms with van der Waals surface area (Å²) in [5.74, 6) is -0.938. The van der Waals surface area contributed by atoms with Crippen molar-refractivity contribution in [3.8, 4) is 17.6 Å². The molecule has 5 aromatic heterocycles. The van der Waals surface area contributed by atoms with Crippen molar-refractivity contribution in [2.24, 2.45) is 0 Å². The van der Waals surface area contributed by atoms with Gasteiger partial charge >= 0.3 is 6.18 Å². The van der Waals surface area contributed by atoms with Gasteiger partial charge in [-0.3, -0.25) is 4.79 Å². The van der Waals surface area contributed by atoms with Crippen LogP contribution in [0, 0.1) is 18.3 Å². The first kappa shape index (κ1) is 22.2. The molecule has 5 rings (SSSR count). The van der Waals surface area contributed by atoms with Gasteiger partial charge in [0.15, 0.2) is 11.5 Å². The average Bonchev–Trinajstić information content (AvgIpc) is 3.59. The summed E-state index contributed by atoms with van der Waals surface area (Å²) >= 11 is 1.27. The Labute approximate surface area is 198 Å². The van der Waals surface area contributed by atoms with E-state index in [0.717, 1.165) is 11.0 Å². The zero-order valence-electron chi connectivity index (χ0n) is 17.6. The Bertz CT molecular complexity index is 1610. The molecule has 14 heteroatoms. The van der Waals surface area contributed by atoms with Crippen LogP contribution in [-0.4, -0.2) is 40.6 Å². The SMILES string of the molecule is Cc1nc(-n2nccn2)c(C#N)cc1NC(=O)c1cnn(-c2ccnc3sccc23)c1C(F)(F)F. The van der Waals surface area contributed by atoms with Gasteiger partial charge in [0.05, 0.1) is 41.2 Å². The Kier molecular flexibility index (Phi) is 5.25. The highest BCUT2D eigenvalue weighted by atomic mass is 32.1. The number of pyridine rings is 2. The van der Waals surface area contributed by atoms with Crippen molar-refractivity contribution in [3.05, 3.63) is 70.9 Å². The molecule has 0 bridgehead atoms. The van der Waals surface area contributed by atoms with Gasteiger partial charge in [0.2, 0.25) is 0 Å². The standard InChI is InChI=1S/C21H12F3N9OS/c1-11-15(8-12(9-25)18(30-11)33-27-5-6-28-33)31-19(34)14-10-29-32(17(14)21(22,23)24)16-2-4-26-20-13(16)3-7-35-20/h2-8,10H,1H3,(H,31,34). The lowest BCUT2D eigenvalue weighted by atomic mass is 10.1. The highest BCUT2D eigenvalue weighted by Gasteiger charge is 2.41. The monoisotopic (exact) mass is 495 g/mol. The third-order valence-electron chi connectivity index (χ3n) is 5.03. The Balaban J connectivity index is 1.56. The minimum atomic E-state index is -4.89. The van der Waals surface area contributed by atoms with Gasteiger partial charge in [0.25, 0.3) is 5.91 Å². The molecule has 0 radical (unpaired) electrons. The molecule has 0 fully saturated rings. The number of halogens is 3. The van der Waals surface area contributed by atoms with Crippen LogP contribution in [0.1, 0.15) is 27.3 Å². The topological polar surface area (TPSA) is 127 Å². The molecule has 0 saturated carbocycles. The fourth-order valence-corrected chi connectivity index (χ4v) is 4.24. The number of anilines is 1. The highest BCUT2D eigenvalue weighted by molar-refractivity contribution is 7.16. The van der Waals surface area contributed by atoms with Crippen LogP contribution in [0.5, 0.6) is 0 Å². The summed E-state index contributed by atoms with van der Waals surface area (Å²) in [6.45, 7) is 1.53. The minimum Gasteiger partial charge on any atom is -0.320 e. The van der Waals surface area contributed by atoms with Gasteiger partial charge in [-0.25, -0.2) is 14.6 Å². The third kappa shape index (κ3) is 3.87. The van der Waals surface area contributed by atoms with Crippen LogP contribution < -0.4 is 5.32 Å². The number of nitrogens with zero attached hydrogens (tertiary/aromatic N) is 8. The van der Waals surface area contributed by atoms with Crippen LogP contribution in [0.2, 0.25) is 0 Å². The Morgan fingerprint density at radius 2 is 1.94 bits per heavy atom. The summed E-state index contributed by atoms with van der Waals surface area (Å²) in [7, 11) is 0. The molecule has 0 aliphatic carbocycles. The fraction of sp³-hybridized carbons (Fsp3) is 0.0952. The summed E-state index contributed by atoms with van der Waals surface area (Å²) in [5.41, 5.74) is -1.45. The lowest BCUT2D eigenvalue weighted by Gasteiger charge is -2.14. The predicted octanol–water partition coefficient (Wildman–Crippen LogP) is 3.91. The van der Waals surface area contributed by atoms with Gasteiger partial charge < -0.3 is 5.32 Å². The van der Waals surface area contributed by atoms with E-state index in [4.69, 9.17) is 0 Å². The number of hydrogen-bond acceptors (Lipinski definition) is 8. The lowest BCUT2D eigenvalue weighted by Crippen LogP contribution is -2.21. The molecule has 35 heavy (non-hydrogen) atoms. The second-order valence-corrected chi connectivity index (χ2v) is 8.06. The van der Waals surface area contributed by atoms with Crippen LogP contribution in [0.4, 0.5) is 18.9 Å². The largest absolute Gasteiger partial charge is 0.434 e. The molecule has 174 valence electrons. The number of thiophene rings is 1. The number of carbonyl (C=O) groups excluding carboxylic acids is 1. The van der Waals surface area contributed by atoms with Crippen molar-refractivity contribution in [1.82, 2.24) is 34.7 Å².